The minimum absolute atomic E-state index is 0.0284. The molecular formula is C12H12FN5O2. The summed E-state index contributed by atoms with van der Waals surface area (Å²) in [6, 6.07) is 4.04. The highest BCUT2D eigenvalue weighted by Gasteiger charge is 2.11. The largest absolute Gasteiger partial charge is 0.438 e. The van der Waals surface area contributed by atoms with Gasteiger partial charge < -0.3 is 21.0 Å². The van der Waals surface area contributed by atoms with Crippen molar-refractivity contribution < 1.29 is 14.0 Å². The zero-order valence-electron chi connectivity index (χ0n) is 10.6. The Labute approximate surface area is 114 Å². The van der Waals surface area contributed by atoms with Gasteiger partial charge in [0.2, 0.25) is 5.88 Å². The van der Waals surface area contributed by atoms with Gasteiger partial charge in [-0.15, -0.1) is 0 Å². The number of rotatable bonds is 4. The lowest BCUT2D eigenvalue weighted by Crippen LogP contribution is -2.02. The van der Waals surface area contributed by atoms with Crippen molar-refractivity contribution in [2.24, 2.45) is 5.16 Å². The van der Waals surface area contributed by atoms with Gasteiger partial charge in [0.25, 0.3) is 0 Å². The van der Waals surface area contributed by atoms with Gasteiger partial charge in [0.05, 0.1) is 11.9 Å². The maximum atomic E-state index is 13.4. The molecule has 1 aromatic heterocycles. The highest BCUT2D eigenvalue weighted by atomic mass is 19.1. The molecule has 0 unspecified atom stereocenters. The van der Waals surface area contributed by atoms with Crippen molar-refractivity contribution in [2.75, 3.05) is 18.6 Å². The fraction of sp³-hybridized carbons (Fsp3) is 0.0833. The Hall–Kier alpha value is -2.90. The molecule has 0 spiro atoms. The van der Waals surface area contributed by atoms with Crippen LogP contribution in [0.25, 0.3) is 0 Å². The maximum Gasteiger partial charge on any atom is 0.233 e. The molecule has 1 aromatic carbocycles. The Morgan fingerprint density at radius 2 is 2.10 bits per heavy atom. The summed E-state index contributed by atoms with van der Waals surface area (Å²) < 4.78 is 18.8. The average Bonchev–Trinajstić information content (AvgIpc) is 2.42. The van der Waals surface area contributed by atoms with E-state index in [0.717, 1.165) is 6.07 Å². The van der Waals surface area contributed by atoms with Crippen LogP contribution in [-0.4, -0.2) is 23.3 Å². The van der Waals surface area contributed by atoms with Gasteiger partial charge in [-0.05, 0) is 12.1 Å². The Balaban J connectivity index is 2.35. The topological polar surface area (TPSA) is 109 Å². The van der Waals surface area contributed by atoms with Gasteiger partial charge in [-0.25, -0.2) is 14.4 Å². The fourth-order valence-electron chi connectivity index (χ4n) is 1.38. The summed E-state index contributed by atoms with van der Waals surface area (Å²) in [4.78, 5) is 12.3. The van der Waals surface area contributed by atoms with Crippen molar-refractivity contribution in [1.29, 1.82) is 0 Å². The molecular weight excluding hydrogens is 265 g/mol. The number of aromatic nitrogens is 2. The molecule has 0 fully saturated rings. The number of hydrogen-bond donors (Lipinski definition) is 2. The first-order valence-corrected chi connectivity index (χ1v) is 5.51. The Morgan fingerprint density at radius 3 is 2.80 bits per heavy atom. The molecule has 104 valence electrons. The average molecular weight is 277 g/mol. The van der Waals surface area contributed by atoms with Crippen LogP contribution in [0.3, 0.4) is 0 Å². The third kappa shape index (κ3) is 2.91. The van der Waals surface area contributed by atoms with E-state index in [1.807, 2.05) is 0 Å². The zero-order valence-corrected chi connectivity index (χ0v) is 10.6. The van der Waals surface area contributed by atoms with E-state index < -0.39 is 5.82 Å². The van der Waals surface area contributed by atoms with E-state index in [2.05, 4.69) is 20.0 Å². The molecule has 0 aliphatic rings. The van der Waals surface area contributed by atoms with Crippen LogP contribution in [0.1, 0.15) is 5.56 Å². The van der Waals surface area contributed by atoms with Gasteiger partial charge in [0, 0.05) is 6.07 Å². The normalized spacial score (nSPS) is 10.7. The second kappa shape index (κ2) is 5.83. The van der Waals surface area contributed by atoms with Crippen LogP contribution in [0.15, 0.2) is 29.7 Å². The summed E-state index contributed by atoms with van der Waals surface area (Å²) in [5, 5.41) is 3.58. The lowest BCUT2D eigenvalue weighted by atomic mass is 10.3. The summed E-state index contributed by atoms with van der Waals surface area (Å²) in [5.74, 6) is -0.0762. The molecule has 0 radical (unpaired) electrons. The summed E-state index contributed by atoms with van der Waals surface area (Å²) in [6.45, 7) is 0. The molecule has 4 N–H and O–H groups in total. The molecule has 0 atom stereocenters. The van der Waals surface area contributed by atoms with E-state index in [1.165, 1.54) is 31.8 Å². The summed E-state index contributed by atoms with van der Waals surface area (Å²) >= 11 is 0. The van der Waals surface area contributed by atoms with Crippen molar-refractivity contribution >= 4 is 17.7 Å². The van der Waals surface area contributed by atoms with Crippen LogP contribution < -0.4 is 16.2 Å². The van der Waals surface area contributed by atoms with Crippen LogP contribution in [-0.2, 0) is 4.84 Å². The summed E-state index contributed by atoms with van der Waals surface area (Å²) in [6.07, 6.45) is 2.53. The summed E-state index contributed by atoms with van der Waals surface area (Å²) in [7, 11) is 1.38. The van der Waals surface area contributed by atoms with Crippen LogP contribution >= 0.6 is 0 Å². The Bertz CT molecular complexity index is 648. The van der Waals surface area contributed by atoms with Crippen molar-refractivity contribution in [3.63, 3.8) is 0 Å². The number of nitrogens with two attached hydrogens (primary N) is 2. The van der Waals surface area contributed by atoms with E-state index in [9.17, 15) is 4.39 Å². The van der Waals surface area contributed by atoms with E-state index in [-0.39, 0.29) is 23.1 Å². The molecule has 7 nitrogen and oxygen atoms in total. The number of benzene rings is 1. The fourth-order valence-corrected chi connectivity index (χ4v) is 1.38. The van der Waals surface area contributed by atoms with Gasteiger partial charge in [-0.3, -0.25) is 0 Å². The number of hydrogen-bond acceptors (Lipinski definition) is 7. The predicted octanol–water partition coefficient (Wildman–Crippen LogP) is 1.55. The van der Waals surface area contributed by atoms with Gasteiger partial charge in [0.1, 0.15) is 36.4 Å². The monoisotopic (exact) mass is 277 g/mol. The summed E-state index contributed by atoms with van der Waals surface area (Å²) in [5.41, 5.74) is 11.4. The molecule has 8 heteroatoms. The number of oxime groups is 1. The molecule has 2 aromatic rings. The van der Waals surface area contributed by atoms with Crippen molar-refractivity contribution in [1.82, 2.24) is 9.97 Å². The van der Waals surface area contributed by atoms with Gasteiger partial charge in [-0.2, -0.15) is 0 Å². The second-order valence-corrected chi connectivity index (χ2v) is 3.68. The standard InChI is InChI=1S/C12H12FN5O2/c1-19-18-5-8-11(15)16-6-17-12(8)20-7-2-3-10(14)9(13)4-7/h2-6H,14H2,1H3,(H2,15,16,17)/b18-5+. The smallest absolute Gasteiger partial charge is 0.233 e. The first-order valence-electron chi connectivity index (χ1n) is 5.51. The van der Waals surface area contributed by atoms with Gasteiger partial charge in [-0.1, -0.05) is 5.16 Å². The second-order valence-electron chi connectivity index (χ2n) is 3.68. The van der Waals surface area contributed by atoms with E-state index in [0.29, 0.717) is 5.56 Å². The first kappa shape index (κ1) is 13.5. The van der Waals surface area contributed by atoms with E-state index in [4.69, 9.17) is 16.2 Å². The van der Waals surface area contributed by atoms with E-state index in [1.54, 1.807) is 0 Å². The molecule has 0 bridgehead atoms. The third-order valence-electron chi connectivity index (χ3n) is 2.35. The lowest BCUT2D eigenvalue weighted by molar-refractivity contribution is 0.215. The number of anilines is 2. The van der Waals surface area contributed by atoms with E-state index >= 15 is 0 Å². The lowest BCUT2D eigenvalue weighted by Gasteiger charge is -2.08. The SMILES string of the molecule is CO/N=C/c1c(N)ncnc1Oc1ccc(N)c(F)c1. The quantitative estimate of drug-likeness (QED) is 0.498. The maximum absolute atomic E-state index is 13.4. The van der Waals surface area contributed by atoms with Crippen LogP contribution in [0.5, 0.6) is 11.6 Å². The molecule has 0 aliphatic carbocycles. The Kier molecular flexibility index (Phi) is 3.94. The number of halogens is 1. The van der Waals surface area contributed by atoms with Crippen LogP contribution in [0.2, 0.25) is 0 Å². The Morgan fingerprint density at radius 1 is 1.30 bits per heavy atom. The van der Waals surface area contributed by atoms with Gasteiger partial charge >= 0.3 is 0 Å². The van der Waals surface area contributed by atoms with Crippen LogP contribution in [0.4, 0.5) is 15.9 Å². The third-order valence-corrected chi connectivity index (χ3v) is 2.35. The molecule has 2 rings (SSSR count). The molecule has 1 heterocycles. The van der Waals surface area contributed by atoms with Crippen molar-refractivity contribution in [3.8, 4) is 11.6 Å². The van der Waals surface area contributed by atoms with Crippen molar-refractivity contribution in [3.05, 3.63) is 35.9 Å². The molecule has 0 aliphatic heterocycles. The minimum atomic E-state index is -0.586. The minimum Gasteiger partial charge on any atom is -0.438 e. The number of nitrogen functional groups attached to an aromatic ring is 2. The first-order chi connectivity index (χ1) is 9.61. The van der Waals surface area contributed by atoms with Crippen LogP contribution in [0, 0.1) is 5.82 Å². The zero-order chi connectivity index (χ0) is 14.5. The highest BCUT2D eigenvalue weighted by Crippen LogP contribution is 2.26. The molecule has 0 saturated heterocycles. The molecule has 0 saturated carbocycles. The van der Waals surface area contributed by atoms with Gasteiger partial charge in [0.15, 0.2) is 0 Å². The van der Waals surface area contributed by atoms with Crippen molar-refractivity contribution in [2.45, 2.75) is 0 Å². The number of nitrogens with zero attached hydrogens (tertiary/aromatic N) is 3. The highest BCUT2D eigenvalue weighted by molar-refractivity contribution is 5.88. The number of ether oxygens (including phenoxy) is 1. The molecule has 20 heavy (non-hydrogen) atoms. The predicted molar refractivity (Wildman–Crippen MR) is 71.9 cm³/mol. The molecule has 0 amide bonds.